The van der Waals surface area contributed by atoms with Crippen molar-refractivity contribution in [1.29, 1.82) is 0 Å². The molecule has 0 spiro atoms. The van der Waals surface area contributed by atoms with Gasteiger partial charge in [-0.15, -0.1) is 0 Å². The minimum Gasteiger partial charge on any atom is -0.390 e. The largest absolute Gasteiger partial charge is 0.591 e. The molecule has 0 aromatic heterocycles. The summed E-state index contributed by atoms with van der Waals surface area (Å²) in [5.74, 6) is -0.276. The highest BCUT2D eigenvalue weighted by atomic mass is 31.2. The smallest absolute Gasteiger partial charge is 0.390 e. The van der Waals surface area contributed by atoms with Gasteiger partial charge in [-0.2, -0.15) is 0 Å². The van der Waals surface area contributed by atoms with Crippen molar-refractivity contribution in [3.63, 3.8) is 0 Å². The number of ether oxygens (including phenoxy) is 1. The standard InChI is InChI=1S/C39H65O6P/c1-3-5-7-9-11-13-15-16-17-18-19-21-23-25-27-29-36(40)42-39-38-37(43-46(41,44-38)45-39)35-32-30-34(31-33-35)28-26-24-22-20-14-12-10-8-6-4-2/h30-33,37H,3-29H2,1-2H3. The second kappa shape index (κ2) is 23.5. The summed E-state index contributed by atoms with van der Waals surface area (Å²) >= 11 is 0. The number of benzene rings is 1. The minimum atomic E-state index is -3.78. The fraction of sp³-hybridized carbons (Fsp3) is 0.769. The van der Waals surface area contributed by atoms with Crippen LogP contribution < -0.4 is 0 Å². The van der Waals surface area contributed by atoms with Crippen LogP contribution in [0.4, 0.5) is 0 Å². The summed E-state index contributed by atoms with van der Waals surface area (Å²) in [6.45, 7) is 4.54. The third-order valence-corrected chi connectivity index (χ3v) is 10.6. The van der Waals surface area contributed by atoms with E-state index in [4.69, 9.17) is 18.3 Å². The SMILES string of the molecule is CCCCCCCCCCCCCCCCCC(=O)OC1=C2OP(=O)(O1)OC2c1ccc(CCCCCCCCCCCC)cc1. The molecule has 0 aliphatic carbocycles. The molecule has 0 amide bonds. The molecular weight excluding hydrogens is 595 g/mol. The highest BCUT2D eigenvalue weighted by Gasteiger charge is 2.56. The second-order valence-corrected chi connectivity index (χ2v) is 15.1. The zero-order valence-electron chi connectivity index (χ0n) is 29.4. The number of esters is 1. The number of phosphoric acid groups is 1. The number of unbranched alkanes of at least 4 members (excludes halogenated alkanes) is 23. The van der Waals surface area contributed by atoms with Crippen LogP contribution in [0.5, 0.6) is 0 Å². The van der Waals surface area contributed by atoms with Crippen molar-refractivity contribution >= 4 is 13.8 Å². The second-order valence-electron chi connectivity index (χ2n) is 13.6. The molecule has 262 valence electrons. The van der Waals surface area contributed by atoms with Gasteiger partial charge >= 0.3 is 19.7 Å². The maximum absolute atomic E-state index is 12.8. The van der Waals surface area contributed by atoms with Gasteiger partial charge in [-0.3, -0.25) is 9.32 Å². The molecule has 46 heavy (non-hydrogen) atoms. The van der Waals surface area contributed by atoms with E-state index in [1.807, 2.05) is 12.1 Å². The quantitative estimate of drug-likeness (QED) is 0.0484. The molecule has 0 saturated carbocycles. The predicted octanol–water partition coefficient (Wildman–Crippen LogP) is 13.3. The molecule has 2 heterocycles. The molecule has 1 aromatic carbocycles. The Balaban J connectivity index is 1.24. The van der Waals surface area contributed by atoms with Crippen LogP contribution >= 0.6 is 7.82 Å². The van der Waals surface area contributed by atoms with E-state index in [1.54, 1.807) is 0 Å². The Morgan fingerprint density at radius 2 is 1.04 bits per heavy atom. The van der Waals surface area contributed by atoms with E-state index in [0.29, 0.717) is 6.42 Å². The molecular formula is C39H65O6P. The summed E-state index contributed by atoms with van der Waals surface area (Å²) in [6, 6.07) is 8.15. The van der Waals surface area contributed by atoms with Gasteiger partial charge in [-0.25, -0.2) is 4.57 Å². The van der Waals surface area contributed by atoms with Crippen molar-refractivity contribution in [3.8, 4) is 0 Å². The number of aryl methyl sites for hydroxylation is 1. The van der Waals surface area contributed by atoms with E-state index >= 15 is 0 Å². The Kier molecular flexibility index (Phi) is 19.8. The predicted molar refractivity (Wildman–Crippen MR) is 188 cm³/mol. The summed E-state index contributed by atoms with van der Waals surface area (Å²) in [5, 5.41) is 0. The highest BCUT2D eigenvalue weighted by molar-refractivity contribution is 7.49. The van der Waals surface area contributed by atoms with Crippen LogP contribution in [0.2, 0.25) is 0 Å². The van der Waals surface area contributed by atoms with E-state index < -0.39 is 13.9 Å². The zero-order chi connectivity index (χ0) is 32.7. The summed E-state index contributed by atoms with van der Waals surface area (Å²) in [6.07, 6.45) is 33.1. The van der Waals surface area contributed by atoms with Crippen LogP contribution in [-0.4, -0.2) is 5.97 Å². The van der Waals surface area contributed by atoms with Crippen molar-refractivity contribution in [2.24, 2.45) is 0 Å². The molecule has 1 fully saturated rings. The molecule has 2 atom stereocenters. The molecule has 7 heteroatoms. The Hall–Kier alpha value is -1.78. The average molecular weight is 661 g/mol. The molecule has 3 rings (SSSR count). The van der Waals surface area contributed by atoms with Crippen molar-refractivity contribution in [2.45, 2.75) is 193 Å². The van der Waals surface area contributed by atoms with E-state index in [1.165, 1.54) is 147 Å². The first-order valence-corrected chi connectivity index (χ1v) is 20.7. The van der Waals surface area contributed by atoms with Crippen molar-refractivity contribution in [2.75, 3.05) is 0 Å². The van der Waals surface area contributed by atoms with Crippen molar-refractivity contribution in [3.05, 3.63) is 47.1 Å². The number of phosphoric ester groups is 1. The zero-order valence-corrected chi connectivity index (χ0v) is 30.3. The number of rotatable bonds is 29. The number of hydrogen-bond donors (Lipinski definition) is 0. The molecule has 2 unspecified atom stereocenters. The van der Waals surface area contributed by atoms with Crippen LogP contribution in [0.25, 0.3) is 0 Å². The lowest BCUT2D eigenvalue weighted by Crippen LogP contribution is -2.11. The third kappa shape index (κ3) is 15.4. The van der Waals surface area contributed by atoms with Crippen molar-refractivity contribution < 1.29 is 27.7 Å². The summed E-state index contributed by atoms with van der Waals surface area (Å²) in [7, 11) is -3.78. The number of hydrogen-bond acceptors (Lipinski definition) is 6. The highest BCUT2D eigenvalue weighted by Crippen LogP contribution is 2.70. The van der Waals surface area contributed by atoms with Gasteiger partial charge in [0.1, 0.15) is 0 Å². The Bertz CT molecular complexity index is 1040. The molecule has 6 nitrogen and oxygen atoms in total. The van der Waals surface area contributed by atoms with Crippen LogP contribution in [0, 0.1) is 0 Å². The van der Waals surface area contributed by atoms with Gasteiger partial charge in [0, 0.05) is 6.42 Å². The Labute approximate surface area is 281 Å². The summed E-state index contributed by atoms with van der Waals surface area (Å²) in [5.41, 5.74) is 2.10. The van der Waals surface area contributed by atoms with Gasteiger partial charge in [0.25, 0.3) is 0 Å². The van der Waals surface area contributed by atoms with Crippen LogP contribution in [0.1, 0.15) is 198 Å². The number of fused-ring (bicyclic) bond motifs is 2. The topological polar surface area (TPSA) is 71.1 Å². The van der Waals surface area contributed by atoms with E-state index in [0.717, 1.165) is 31.2 Å². The molecule has 2 bridgehead atoms. The van der Waals surface area contributed by atoms with E-state index in [2.05, 4.69) is 26.0 Å². The average Bonchev–Trinajstić information content (AvgIpc) is 3.57. The number of carbonyl (C=O) groups excluding carboxylic acids is 1. The first-order chi connectivity index (χ1) is 22.5. The minimum absolute atomic E-state index is 0.0972. The van der Waals surface area contributed by atoms with Crippen molar-refractivity contribution in [1.82, 2.24) is 0 Å². The Morgan fingerprint density at radius 3 is 1.50 bits per heavy atom. The lowest BCUT2D eigenvalue weighted by molar-refractivity contribution is -0.143. The fourth-order valence-corrected chi connectivity index (χ4v) is 7.79. The Morgan fingerprint density at radius 1 is 0.609 bits per heavy atom. The molecule has 1 aromatic rings. The summed E-state index contributed by atoms with van der Waals surface area (Å²) in [4.78, 5) is 12.5. The molecule has 0 radical (unpaired) electrons. The van der Waals surface area contributed by atoms with Gasteiger partial charge in [-0.05, 0) is 30.4 Å². The monoisotopic (exact) mass is 660 g/mol. The lowest BCUT2D eigenvalue weighted by atomic mass is 10.0. The lowest BCUT2D eigenvalue weighted by Gasteiger charge is -2.16. The summed E-state index contributed by atoms with van der Waals surface area (Å²) < 4.78 is 34.6. The molecule has 2 aliphatic rings. The first-order valence-electron chi connectivity index (χ1n) is 19.3. The maximum Gasteiger partial charge on any atom is 0.591 e. The number of carbonyl (C=O) groups is 1. The van der Waals surface area contributed by atoms with Gasteiger partial charge in [0.15, 0.2) is 6.10 Å². The van der Waals surface area contributed by atoms with Gasteiger partial charge < -0.3 is 13.8 Å². The van der Waals surface area contributed by atoms with E-state index in [-0.39, 0.29) is 17.7 Å². The fourth-order valence-electron chi connectivity index (χ4n) is 6.45. The van der Waals surface area contributed by atoms with Gasteiger partial charge in [0.05, 0.1) is 0 Å². The van der Waals surface area contributed by atoms with Crippen LogP contribution in [0.15, 0.2) is 36.0 Å². The normalized spacial score (nSPS) is 18.6. The molecule has 2 aliphatic heterocycles. The van der Waals surface area contributed by atoms with Crippen LogP contribution in [-0.2, 0) is 34.1 Å². The van der Waals surface area contributed by atoms with Gasteiger partial charge in [0.2, 0.25) is 5.76 Å². The van der Waals surface area contributed by atoms with Crippen LogP contribution in [0.3, 0.4) is 0 Å². The third-order valence-electron chi connectivity index (χ3n) is 9.37. The molecule has 0 N–H and O–H groups in total. The van der Waals surface area contributed by atoms with Gasteiger partial charge in [-0.1, -0.05) is 186 Å². The maximum atomic E-state index is 12.8. The first kappa shape index (κ1) is 38.7. The van der Waals surface area contributed by atoms with E-state index in [9.17, 15) is 9.36 Å². The molecule has 1 saturated heterocycles.